The Morgan fingerprint density at radius 2 is 0.833 bits per heavy atom. The number of hydrogen-bond donors (Lipinski definition) is 4. The molecule has 0 aromatic heterocycles. The Morgan fingerprint density at radius 1 is 0.500 bits per heavy atom. The number of anilines is 3. The van der Waals surface area contributed by atoms with Crippen LogP contribution in [0.1, 0.15) is 170 Å². The molecule has 3 amide bonds. The van der Waals surface area contributed by atoms with Gasteiger partial charge in [-0.2, -0.15) is 5.96 Å². The number of nitrogens with one attached hydrogen (secondary N) is 3. The van der Waals surface area contributed by atoms with Gasteiger partial charge in [0.15, 0.2) is 0 Å². The molecule has 5 N–H and O–H groups in total. The minimum absolute atomic E-state index is 0. The number of amides is 3. The van der Waals surface area contributed by atoms with Gasteiger partial charge < -0.3 is 20.7 Å². The number of nitrogens with zero attached hydrogens (tertiary/aromatic N) is 3. The van der Waals surface area contributed by atoms with Crippen molar-refractivity contribution in [3.05, 3.63) is 194 Å². The summed E-state index contributed by atoms with van der Waals surface area (Å²) in [5, 5.41) is 8.35. The zero-order valence-corrected chi connectivity index (χ0v) is 55.2. The molecule has 6 aromatic carbocycles. The van der Waals surface area contributed by atoms with Crippen LogP contribution in [-0.4, -0.2) is 75.8 Å². The molecule has 0 atom stereocenters. The van der Waals surface area contributed by atoms with Crippen molar-refractivity contribution in [2.75, 3.05) is 48.8 Å². The molecule has 0 aliphatic carbocycles. The molecule has 0 radical (unpaired) electrons. The maximum atomic E-state index is 14.3. The summed E-state index contributed by atoms with van der Waals surface area (Å²) in [5.41, 5.74) is 11.2. The Labute approximate surface area is 541 Å². The number of rotatable bonds is 13. The summed E-state index contributed by atoms with van der Waals surface area (Å²) in [6.07, 6.45) is 24.9. The van der Waals surface area contributed by atoms with Gasteiger partial charge in [-0.1, -0.05) is 196 Å². The van der Waals surface area contributed by atoms with E-state index in [0.29, 0.717) is 73.1 Å². The lowest BCUT2D eigenvalue weighted by molar-refractivity contribution is -0.115. The number of unbranched alkanes of at least 4 members (excludes halogenated alkanes) is 10. The van der Waals surface area contributed by atoms with E-state index in [4.69, 9.17) is 15.6 Å². The number of benzene rings is 6. The average molecular weight is 1310 g/mol. The van der Waals surface area contributed by atoms with Crippen LogP contribution in [0.15, 0.2) is 147 Å². The van der Waals surface area contributed by atoms with Crippen molar-refractivity contribution in [2.24, 2.45) is 20.9 Å². The number of fused-ring (bicyclic) bond motifs is 3. The van der Waals surface area contributed by atoms with Crippen molar-refractivity contribution in [3.8, 4) is 23.8 Å². The number of aliphatic imine (C=N–C) groups is 3. The third-order valence-corrected chi connectivity index (χ3v) is 15.0. The summed E-state index contributed by atoms with van der Waals surface area (Å²) < 4.78 is 57.1. The third kappa shape index (κ3) is 26.3. The van der Waals surface area contributed by atoms with Gasteiger partial charge in [0.05, 0.1) is 34.2 Å². The fourth-order valence-corrected chi connectivity index (χ4v) is 9.97. The van der Waals surface area contributed by atoms with E-state index in [9.17, 15) is 27.6 Å². The van der Waals surface area contributed by atoms with Crippen LogP contribution in [0.3, 0.4) is 0 Å². The molecule has 0 unspecified atom stereocenters. The largest absolute Gasteiger partial charge is 0.381 e. The van der Waals surface area contributed by atoms with Gasteiger partial charge in [-0.15, -0.1) is 16.4 Å². The molecule has 10 rings (SSSR count). The summed E-state index contributed by atoms with van der Waals surface area (Å²) in [6.45, 7) is 17.4. The van der Waals surface area contributed by atoms with Crippen LogP contribution in [-0.2, 0) is 19.1 Å². The minimum atomic E-state index is -1.51. The predicted molar refractivity (Wildman–Crippen MR) is 372 cm³/mol. The first-order valence-electron chi connectivity index (χ1n) is 30.7. The lowest BCUT2D eigenvalue weighted by atomic mass is 9.98. The Hall–Kier alpha value is -7.80. The van der Waals surface area contributed by atoms with Crippen LogP contribution in [0.5, 0.6) is 0 Å². The first-order chi connectivity index (χ1) is 43.0. The summed E-state index contributed by atoms with van der Waals surface area (Å²) in [7, 11) is -1.51. The molecule has 0 saturated carbocycles. The summed E-state index contributed by atoms with van der Waals surface area (Å²) >= 11 is 3.39. The second kappa shape index (κ2) is 42.2. The number of ether oxygens (including phenoxy) is 1. The van der Waals surface area contributed by atoms with Gasteiger partial charge in [0.1, 0.15) is 45.2 Å². The van der Waals surface area contributed by atoms with E-state index in [1.807, 2.05) is 30.3 Å². The van der Waals surface area contributed by atoms with Crippen molar-refractivity contribution < 1.29 is 36.8 Å². The van der Waals surface area contributed by atoms with Gasteiger partial charge in [0.2, 0.25) is 17.7 Å². The Bertz CT molecular complexity index is 3420. The fourth-order valence-electron chi connectivity index (χ4n) is 9.09. The molecule has 11 nitrogen and oxygen atoms in total. The first-order valence-corrected chi connectivity index (χ1v) is 35.0. The average Bonchev–Trinajstić information content (AvgIpc) is 2.19. The van der Waals surface area contributed by atoms with Crippen molar-refractivity contribution in [1.29, 1.82) is 0 Å². The van der Waals surface area contributed by atoms with E-state index in [-0.39, 0.29) is 62.2 Å². The lowest BCUT2D eigenvalue weighted by Gasteiger charge is -2.11. The Morgan fingerprint density at radius 3 is 1.16 bits per heavy atom. The van der Waals surface area contributed by atoms with Gasteiger partial charge in [0.25, 0.3) is 0 Å². The molecular weight excluding hydrogens is 1220 g/mol. The minimum Gasteiger partial charge on any atom is -0.381 e. The van der Waals surface area contributed by atoms with Crippen LogP contribution >= 0.6 is 15.9 Å². The fraction of sp³-hybridized carbons (Fsp3) is 0.370. The summed E-state index contributed by atoms with van der Waals surface area (Å²) in [4.78, 5) is 48.2. The summed E-state index contributed by atoms with van der Waals surface area (Å²) in [6, 6.07) is 35.4. The Kier molecular flexibility index (Phi) is 35.9. The quantitative estimate of drug-likeness (QED) is 0.0297. The van der Waals surface area contributed by atoms with E-state index >= 15 is 0 Å². The Balaban J connectivity index is 0.000000300. The van der Waals surface area contributed by atoms with Gasteiger partial charge in [-0.3, -0.25) is 29.4 Å². The molecule has 17 heteroatoms. The molecule has 4 aliphatic rings. The second-order valence-electron chi connectivity index (χ2n) is 22.1. The molecule has 90 heavy (non-hydrogen) atoms. The maximum absolute atomic E-state index is 14.3. The highest BCUT2D eigenvalue weighted by Crippen LogP contribution is 2.29. The molecular formula is C73H90BrF4N7O4Si. The van der Waals surface area contributed by atoms with Gasteiger partial charge in [-0.05, 0) is 104 Å². The van der Waals surface area contributed by atoms with Gasteiger partial charge >= 0.3 is 0 Å². The molecule has 0 spiro atoms. The van der Waals surface area contributed by atoms with Crippen LogP contribution < -0.4 is 21.9 Å². The van der Waals surface area contributed by atoms with E-state index < -0.39 is 8.07 Å². The molecule has 1 saturated heterocycles. The number of terminal acetylenes is 1. The van der Waals surface area contributed by atoms with Crippen LogP contribution in [0, 0.1) is 41.3 Å². The highest BCUT2D eigenvalue weighted by molar-refractivity contribution is 9.10. The van der Waals surface area contributed by atoms with Crippen molar-refractivity contribution >= 4 is 75.9 Å². The number of carbonyl (C=O) groups is 3. The normalized spacial score (nSPS) is 13.2. The van der Waals surface area contributed by atoms with Crippen molar-refractivity contribution in [1.82, 2.24) is 0 Å². The highest BCUT2D eigenvalue weighted by Gasteiger charge is 2.23. The van der Waals surface area contributed by atoms with Crippen molar-refractivity contribution in [3.63, 3.8) is 0 Å². The predicted octanol–water partition coefficient (Wildman–Crippen LogP) is 17.8. The van der Waals surface area contributed by atoms with Gasteiger partial charge in [0, 0.05) is 62.2 Å². The van der Waals surface area contributed by atoms with E-state index in [1.165, 1.54) is 108 Å². The zero-order valence-electron chi connectivity index (χ0n) is 52.6. The van der Waals surface area contributed by atoms with Crippen molar-refractivity contribution in [2.45, 2.75) is 145 Å². The molecule has 0 bridgehead atoms. The topological polar surface area (TPSA) is 160 Å². The molecule has 4 heterocycles. The number of hydrogen-bond acceptors (Lipinski definition) is 8. The monoisotopic (exact) mass is 1310 g/mol. The second-order valence-corrected chi connectivity index (χ2v) is 27.7. The molecule has 4 aliphatic heterocycles. The number of halogens is 5. The van der Waals surface area contributed by atoms with E-state index in [0.717, 1.165) is 23.2 Å². The molecule has 6 aromatic rings. The first kappa shape index (κ1) is 76.4. The number of benzodiazepines with no additional fused rings is 3. The standard InChI is InChI=1S/C20H19FN2OSi.C17H11FN2O.C15H10BrFN2O.2C8H18.C4H8O.CH4.FH2N/c1-25(2,3)11-10-14-8-9-18-16(12-14)20(22-13-19(24)23-18)15-6-4-5-7-17(15)21;1-2-11-7-8-15-13(9-11)17(19-10-16(21)20-15)12-5-3-4-6-14(12)18;16-9-5-6-13-11(7-9)15(18-8-14(20)19-13)10-3-1-2-4-12(10)17;2*1-3-5-7-8-6-4-2;1-2-4-5-3-1;;1-2/h4-9,12H,13H2,1-3H3,(H,23,24);1,3-9H,10H2,(H,20,21);1-7H,8H2,(H,19,20);2*3-8H2,1-2H3;1-4H2;1H4;2H2. The highest BCUT2D eigenvalue weighted by atomic mass is 79.9. The van der Waals surface area contributed by atoms with Crippen LogP contribution in [0.4, 0.5) is 34.7 Å². The number of carbonyl (C=O) groups excluding carboxylic acids is 3. The number of nitrogens with two attached hydrogens (primary N) is 1. The maximum Gasteiger partial charge on any atom is 0.246 e. The summed E-state index contributed by atoms with van der Waals surface area (Å²) in [5.74, 6) is 6.97. The van der Waals surface area contributed by atoms with Crippen LogP contribution in [0.2, 0.25) is 19.6 Å². The third-order valence-electron chi connectivity index (χ3n) is 13.6. The molecule has 1 fully saturated rings. The SMILES string of the molecule is C.C#Cc1ccc2c(c1)C(c1ccccc1F)=NCC(=O)N2.C1CCOC1.CCCCCCCC.CCCCCCCC.C[Si](C)(C)C#Cc1ccc2c(c1)C(c1ccccc1F)=NCC(=O)N2.NF.O=C1CN=C(c2ccccc2F)c2cc(Br)ccc2N1. The lowest BCUT2D eigenvalue weighted by Crippen LogP contribution is -2.16. The zero-order chi connectivity index (χ0) is 65.0. The van der Waals surface area contributed by atoms with E-state index in [1.54, 1.807) is 78.9 Å². The molecule has 480 valence electrons. The van der Waals surface area contributed by atoms with Gasteiger partial charge in [-0.25, -0.2) is 13.2 Å². The van der Waals surface area contributed by atoms with Crippen LogP contribution in [0.25, 0.3) is 0 Å². The van der Waals surface area contributed by atoms with E-state index in [2.05, 4.69) is 118 Å². The smallest absolute Gasteiger partial charge is 0.246 e.